The van der Waals surface area contributed by atoms with E-state index in [4.69, 9.17) is 4.74 Å². The number of benzene rings is 2. The summed E-state index contributed by atoms with van der Waals surface area (Å²) in [5.74, 6) is 0.346. The van der Waals surface area contributed by atoms with Crippen LogP contribution in [0.1, 0.15) is 12.5 Å². The second-order valence-electron chi connectivity index (χ2n) is 6.07. The van der Waals surface area contributed by atoms with Gasteiger partial charge in [-0.25, -0.2) is 9.97 Å². The smallest absolute Gasteiger partial charge is 0.265 e. The van der Waals surface area contributed by atoms with E-state index in [1.807, 2.05) is 41.3 Å². The van der Waals surface area contributed by atoms with Gasteiger partial charge in [0.2, 0.25) is 5.88 Å². The Kier molecular flexibility index (Phi) is 4.13. The number of para-hydroxylation sites is 1. The monoisotopic (exact) mass is 397 g/mol. The van der Waals surface area contributed by atoms with Gasteiger partial charge in [0.1, 0.15) is 6.33 Å². The van der Waals surface area contributed by atoms with Crippen molar-refractivity contribution in [2.24, 2.45) is 0 Å². The van der Waals surface area contributed by atoms with Crippen molar-refractivity contribution in [3.63, 3.8) is 0 Å². The summed E-state index contributed by atoms with van der Waals surface area (Å²) in [5.41, 5.74) is 2.94. The van der Waals surface area contributed by atoms with E-state index in [-0.39, 0.29) is 18.6 Å². The van der Waals surface area contributed by atoms with Crippen LogP contribution in [-0.2, 0) is 11.2 Å². The molecule has 0 unspecified atom stereocenters. The first-order chi connectivity index (χ1) is 12.1. The number of amides is 1. The summed E-state index contributed by atoms with van der Waals surface area (Å²) < 4.78 is 6.66. The Morgan fingerprint density at radius 2 is 2.12 bits per heavy atom. The van der Waals surface area contributed by atoms with Crippen molar-refractivity contribution in [1.82, 2.24) is 9.97 Å². The molecule has 0 saturated carbocycles. The van der Waals surface area contributed by atoms with E-state index in [9.17, 15) is 4.79 Å². The van der Waals surface area contributed by atoms with Gasteiger partial charge in [-0.05, 0) is 43.2 Å². The van der Waals surface area contributed by atoms with E-state index in [2.05, 4.69) is 38.9 Å². The van der Waals surface area contributed by atoms with E-state index in [1.54, 1.807) is 0 Å². The molecule has 5 nitrogen and oxygen atoms in total. The maximum Gasteiger partial charge on any atom is 0.265 e. The molecule has 0 bridgehead atoms. The molecule has 0 radical (unpaired) electrons. The average molecular weight is 398 g/mol. The Morgan fingerprint density at radius 3 is 3.00 bits per heavy atom. The summed E-state index contributed by atoms with van der Waals surface area (Å²) in [4.78, 5) is 23.0. The fourth-order valence-corrected chi connectivity index (χ4v) is 3.63. The van der Waals surface area contributed by atoms with Crippen molar-refractivity contribution in [1.29, 1.82) is 0 Å². The summed E-state index contributed by atoms with van der Waals surface area (Å²) in [5, 5.41) is 0.777. The Hall–Kier alpha value is -2.47. The van der Waals surface area contributed by atoms with Gasteiger partial charge in [-0.2, -0.15) is 0 Å². The van der Waals surface area contributed by atoms with Gasteiger partial charge in [0, 0.05) is 16.2 Å². The van der Waals surface area contributed by atoms with Crippen molar-refractivity contribution in [3.05, 3.63) is 58.8 Å². The standard InChI is InChI=1S/C19H16BrN3O2/c1-12-8-13-4-2-3-5-17(13)23(12)18(24)10-25-19-15-9-14(20)6-7-16(15)21-11-22-19/h2-7,9,11-12H,8,10H2,1H3/t12-/m1/s1. The molecule has 25 heavy (non-hydrogen) atoms. The fourth-order valence-electron chi connectivity index (χ4n) is 3.27. The predicted molar refractivity (Wildman–Crippen MR) is 99.8 cm³/mol. The second-order valence-corrected chi connectivity index (χ2v) is 6.99. The number of halogens is 1. The maximum absolute atomic E-state index is 12.7. The number of fused-ring (bicyclic) bond motifs is 2. The predicted octanol–water partition coefficient (Wildman–Crippen LogP) is 3.75. The van der Waals surface area contributed by atoms with Crippen molar-refractivity contribution in [2.45, 2.75) is 19.4 Å². The minimum atomic E-state index is -0.0702. The van der Waals surface area contributed by atoms with E-state index in [0.29, 0.717) is 5.88 Å². The van der Waals surface area contributed by atoms with Gasteiger partial charge in [-0.15, -0.1) is 0 Å². The van der Waals surface area contributed by atoms with Gasteiger partial charge in [0.25, 0.3) is 5.91 Å². The van der Waals surface area contributed by atoms with Crippen LogP contribution >= 0.6 is 15.9 Å². The first-order valence-corrected chi connectivity index (χ1v) is 8.86. The summed E-state index contributed by atoms with van der Waals surface area (Å²) in [6.45, 7) is 1.99. The van der Waals surface area contributed by atoms with Crippen LogP contribution in [0.2, 0.25) is 0 Å². The molecular formula is C19H16BrN3O2. The molecule has 2 heterocycles. The summed E-state index contributed by atoms with van der Waals surface area (Å²) in [6.07, 6.45) is 2.31. The zero-order valence-corrected chi connectivity index (χ0v) is 15.2. The quantitative estimate of drug-likeness (QED) is 0.675. The SMILES string of the molecule is C[C@@H]1Cc2ccccc2N1C(=O)COc1ncnc2ccc(Br)cc12. The highest BCUT2D eigenvalue weighted by atomic mass is 79.9. The largest absolute Gasteiger partial charge is 0.467 e. The molecule has 126 valence electrons. The van der Waals surface area contributed by atoms with E-state index >= 15 is 0 Å². The molecule has 1 aliphatic rings. The van der Waals surface area contributed by atoms with Crippen LogP contribution < -0.4 is 9.64 Å². The molecule has 0 saturated heterocycles. The Bertz CT molecular complexity index is 960. The lowest BCUT2D eigenvalue weighted by molar-refractivity contribution is -0.120. The Labute approximate surface area is 153 Å². The van der Waals surface area contributed by atoms with Crippen molar-refractivity contribution in [3.8, 4) is 5.88 Å². The summed E-state index contributed by atoms with van der Waals surface area (Å²) >= 11 is 3.44. The Balaban J connectivity index is 1.56. The number of nitrogens with zero attached hydrogens (tertiary/aromatic N) is 3. The van der Waals surface area contributed by atoms with Crippen LogP contribution in [-0.4, -0.2) is 28.5 Å². The van der Waals surface area contributed by atoms with Crippen molar-refractivity contribution < 1.29 is 9.53 Å². The highest BCUT2D eigenvalue weighted by Gasteiger charge is 2.30. The number of hydrogen-bond acceptors (Lipinski definition) is 4. The van der Waals surface area contributed by atoms with Gasteiger partial charge >= 0.3 is 0 Å². The molecule has 6 heteroatoms. The van der Waals surface area contributed by atoms with Crippen LogP contribution in [0.15, 0.2) is 53.3 Å². The number of aromatic nitrogens is 2. The van der Waals surface area contributed by atoms with Gasteiger partial charge in [0.05, 0.1) is 10.9 Å². The van der Waals surface area contributed by atoms with Crippen LogP contribution in [0.5, 0.6) is 5.88 Å². The van der Waals surface area contributed by atoms with Gasteiger partial charge in [-0.3, -0.25) is 4.79 Å². The maximum atomic E-state index is 12.7. The number of carbonyl (C=O) groups is 1. The average Bonchev–Trinajstić information content (AvgIpc) is 2.95. The lowest BCUT2D eigenvalue weighted by Gasteiger charge is -2.22. The normalized spacial score (nSPS) is 16.1. The molecule has 1 atom stereocenters. The number of hydrogen-bond donors (Lipinski definition) is 0. The lowest BCUT2D eigenvalue weighted by atomic mass is 10.1. The van der Waals surface area contributed by atoms with Crippen LogP contribution in [0, 0.1) is 0 Å². The number of ether oxygens (including phenoxy) is 1. The first-order valence-electron chi connectivity index (χ1n) is 8.06. The molecule has 1 amide bonds. The molecule has 0 aliphatic carbocycles. The first kappa shape index (κ1) is 16.0. The second kappa shape index (κ2) is 6.44. The highest BCUT2D eigenvalue weighted by molar-refractivity contribution is 9.10. The third-order valence-electron chi connectivity index (χ3n) is 4.37. The zero-order valence-electron chi connectivity index (χ0n) is 13.6. The minimum Gasteiger partial charge on any atom is -0.467 e. The van der Waals surface area contributed by atoms with Gasteiger partial charge < -0.3 is 9.64 Å². The fraction of sp³-hybridized carbons (Fsp3) is 0.211. The van der Waals surface area contributed by atoms with Gasteiger partial charge in [0.15, 0.2) is 6.61 Å². The van der Waals surface area contributed by atoms with E-state index in [1.165, 1.54) is 11.9 Å². The molecule has 1 aliphatic heterocycles. The molecule has 0 spiro atoms. The molecule has 1 aromatic heterocycles. The highest BCUT2D eigenvalue weighted by Crippen LogP contribution is 2.32. The van der Waals surface area contributed by atoms with Crippen molar-refractivity contribution >= 4 is 38.4 Å². The third kappa shape index (κ3) is 2.98. The van der Waals surface area contributed by atoms with Crippen LogP contribution in [0.4, 0.5) is 5.69 Å². The number of anilines is 1. The zero-order chi connectivity index (χ0) is 17.4. The molecular weight excluding hydrogens is 382 g/mol. The molecule has 0 N–H and O–H groups in total. The van der Waals surface area contributed by atoms with Gasteiger partial charge in [-0.1, -0.05) is 34.1 Å². The summed E-state index contributed by atoms with van der Waals surface area (Å²) in [7, 11) is 0. The van der Waals surface area contributed by atoms with E-state index < -0.39 is 0 Å². The molecule has 4 rings (SSSR count). The van der Waals surface area contributed by atoms with Crippen LogP contribution in [0.25, 0.3) is 10.9 Å². The molecule has 0 fully saturated rings. The topological polar surface area (TPSA) is 55.3 Å². The lowest BCUT2D eigenvalue weighted by Crippen LogP contribution is -2.39. The molecule has 2 aromatic carbocycles. The van der Waals surface area contributed by atoms with Crippen LogP contribution in [0.3, 0.4) is 0 Å². The number of rotatable bonds is 3. The number of carbonyl (C=O) groups excluding carboxylic acids is 1. The van der Waals surface area contributed by atoms with E-state index in [0.717, 1.165) is 27.5 Å². The van der Waals surface area contributed by atoms with Crippen molar-refractivity contribution in [2.75, 3.05) is 11.5 Å². The minimum absolute atomic E-state index is 0.0582. The Morgan fingerprint density at radius 1 is 1.28 bits per heavy atom. The summed E-state index contributed by atoms with van der Waals surface area (Å²) in [6, 6.07) is 13.8. The molecule has 3 aromatic rings. The third-order valence-corrected chi connectivity index (χ3v) is 4.86.